The molecule has 92 valence electrons. The average Bonchev–Trinajstić information content (AvgIpc) is 2.73. The summed E-state index contributed by atoms with van der Waals surface area (Å²) in [5, 5.41) is 12.0. The van der Waals surface area contributed by atoms with Gasteiger partial charge in [-0.1, -0.05) is 12.5 Å². The van der Waals surface area contributed by atoms with Gasteiger partial charge >= 0.3 is 0 Å². The number of carbonyl (C=O) groups excluding carboxylic acids is 1. The van der Waals surface area contributed by atoms with E-state index < -0.39 is 6.04 Å². The molecule has 4 nitrogen and oxygen atoms in total. The van der Waals surface area contributed by atoms with Crippen molar-refractivity contribution in [1.82, 2.24) is 5.32 Å². The molecule has 1 aliphatic rings. The predicted octanol–water partition coefficient (Wildman–Crippen LogP) is 0.415. The Morgan fingerprint density at radius 1 is 1.56 bits per heavy atom. The lowest BCUT2D eigenvalue weighted by Crippen LogP contribution is -2.42. The molecule has 0 aliphatic heterocycles. The molecule has 3 unspecified atom stereocenters. The Balaban J connectivity index is 2.28. The summed E-state index contributed by atoms with van der Waals surface area (Å²) >= 11 is 0. The summed E-state index contributed by atoms with van der Waals surface area (Å²) in [6.45, 7) is 4.41. The molecule has 0 bridgehead atoms. The Morgan fingerprint density at radius 2 is 2.25 bits per heavy atom. The smallest absolute Gasteiger partial charge is 0.237 e. The molecule has 16 heavy (non-hydrogen) atoms. The monoisotopic (exact) mass is 226 g/mol. The Morgan fingerprint density at radius 3 is 2.88 bits per heavy atom. The van der Waals surface area contributed by atoms with Crippen LogP contribution < -0.4 is 11.1 Å². The molecular weight excluding hydrogens is 204 g/mol. The van der Waals surface area contributed by atoms with Crippen molar-refractivity contribution in [3.63, 3.8) is 0 Å². The second-order valence-electron chi connectivity index (χ2n) is 4.51. The SMILES string of the molecule is C=CCC(N)C(=O)NCC1CCCC1CO. The highest BCUT2D eigenvalue weighted by Gasteiger charge is 2.27. The van der Waals surface area contributed by atoms with Crippen molar-refractivity contribution in [3.8, 4) is 0 Å². The molecule has 1 aliphatic carbocycles. The zero-order valence-electron chi connectivity index (χ0n) is 9.69. The summed E-state index contributed by atoms with van der Waals surface area (Å²) in [4.78, 5) is 11.5. The largest absolute Gasteiger partial charge is 0.396 e. The summed E-state index contributed by atoms with van der Waals surface area (Å²) in [6, 6.07) is -0.494. The van der Waals surface area contributed by atoms with Crippen LogP contribution in [-0.2, 0) is 4.79 Å². The molecule has 0 radical (unpaired) electrons. The zero-order chi connectivity index (χ0) is 12.0. The summed E-state index contributed by atoms with van der Waals surface area (Å²) in [5.41, 5.74) is 5.65. The van der Waals surface area contributed by atoms with Crippen molar-refractivity contribution in [1.29, 1.82) is 0 Å². The Kier molecular flexibility index (Phi) is 5.49. The van der Waals surface area contributed by atoms with Gasteiger partial charge in [0, 0.05) is 13.2 Å². The topological polar surface area (TPSA) is 75.4 Å². The van der Waals surface area contributed by atoms with Crippen molar-refractivity contribution in [2.75, 3.05) is 13.2 Å². The van der Waals surface area contributed by atoms with Crippen LogP contribution in [0.15, 0.2) is 12.7 Å². The van der Waals surface area contributed by atoms with Gasteiger partial charge in [0.05, 0.1) is 6.04 Å². The maximum Gasteiger partial charge on any atom is 0.237 e. The predicted molar refractivity (Wildman–Crippen MR) is 63.7 cm³/mol. The number of nitrogens with two attached hydrogens (primary N) is 1. The quantitative estimate of drug-likeness (QED) is 0.574. The summed E-state index contributed by atoms with van der Waals surface area (Å²) in [6.07, 6.45) is 5.44. The Hall–Kier alpha value is -0.870. The third-order valence-corrected chi connectivity index (χ3v) is 3.35. The van der Waals surface area contributed by atoms with E-state index in [9.17, 15) is 4.79 Å². The standard InChI is InChI=1S/C12H22N2O2/c1-2-4-11(13)12(16)14-7-9-5-3-6-10(9)8-15/h2,9-11,15H,1,3-8,13H2,(H,14,16). The van der Waals surface area contributed by atoms with Gasteiger partial charge in [-0.15, -0.1) is 6.58 Å². The van der Waals surface area contributed by atoms with E-state index in [1.165, 1.54) is 0 Å². The van der Waals surface area contributed by atoms with E-state index >= 15 is 0 Å². The van der Waals surface area contributed by atoms with Crippen LogP contribution in [0.1, 0.15) is 25.7 Å². The van der Waals surface area contributed by atoms with E-state index in [1.807, 2.05) is 0 Å². The fraction of sp³-hybridized carbons (Fsp3) is 0.750. The first-order valence-corrected chi connectivity index (χ1v) is 5.94. The highest BCUT2D eigenvalue weighted by atomic mass is 16.3. The van der Waals surface area contributed by atoms with Crippen LogP contribution in [0.3, 0.4) is 0 Å². The van der Waals surface area contributed by atoms with E-state index in [0.717, 1.165) is 19.3 Å². The highest BCUT2D eigenvalue weighted by Crippen LogP contribution is 2.30. The fourth-order valence-corrected chi connectivity index (χ4v) is 2.27. The highest BCUT2D eigenvalue weighted by molar-refractivity contribution is 5.81. The molecule has 0 spiro atoms. The number of aliphatic hydroxyl groups is 1. The zero-order valence-corrected chi connectivity index (χ0v) is 9.69. The van der Waals surface area contributed by atoms with E-state index in [0.29, 0.717) is 24.8 Å². The van der Waals surface area contributed by atoms with Crippen LogP contribution in [-0.4, -0.2) is 30.2 Å². The van der Waals surface area contributed by atoms with Crippen molar-refractivity contribution in [2.24, 2.45) is 17.6 Å². The minimum atomic E-state index is -0.494. The van der Waals surface area contributed by atoms with Gasteiger partial charge in [-0.3, -0.25) is 4.79 Å². The van der Waals surface area contributed by atoms with Crippen LogP contribution in [0.5, 0.6) is 0 Å². The van der Waals surface area contributed by atoms with Crippen LogP contribution in [0, 0.1) is 11.8 Å². The molecule has 1 amide bonds. The Labute approximate surface area is 96.9 Å². The average molecular weight is 226 g/mol. The van der Waals surface area contributed by atoms with Crippen molar-refractivity contribution < 1.29 is 9.90 Å². The molecular formula is C12H22N2O2. The minimum Gasteiger partial charge on any atom is -0.396 e. The normalized spacial score (nSPS) is 26.4. The first-order chi connectivity index (χ1) is 7.69. The number of aliphatic hydroxyl groups excluding tert-OH is 1. The molecule has 4 N–H and O–H groups in total. The number of rotatable bonds is 6. The first-order valence-electron chi connectivity index (χ1n) is 5.94. The molecule has 0 aromatic rings. The maximum absolute atomic E-state index is 11.5. The Bertz CT molecular complexity index is 243. The number of carbonyl (C=O) groups is 1. The summed E-state index contributed by atoms with van der Waals surface area (Å²) in [7, 11) is 0. The molecule has 1 rings (SSSR count). The number of hydrogen-bond donors (Lipinski definition) is 3. The van der Waals surface area contributed by atoms with Gasteiger partial charge in [-0.25, -0.2) is 0 Å². The second kappa shape index (κ2) is 6.66. The van der Waals surface area contributed by atoms with Gasteiger partial charge in [-0.2, -0.15) is 0 Å². The van der Waals surface area contributed by atoms with E-state index in [-0.39, 0.29) is 12.5 Å². The number of hydrogen-bond acceptors (Lipinski definition) is 3. The summed E-state index contributed by atoms with van der Waals surface area (Å²) in [5.74, 6) is 0.629. The molecule has 0 saturated heterocycles. The molecule has 1 fully saturated rings. The summed E-state index contributed by atoms with van der Waals surface area (Å²) < 4.78 is 0. The molecule has 3 atom stereocenters. The van der Waals surface area contributed by atoms with Gasteiger partial charge in [0.15, 0.2) is 0 Å². The van der Waals surface area contributed by atoms with Crippen LogP contribution in [0.25, 0.3) is 0 Å². The molecule has 1 saturated carbocycles. The number of nitrogens with one attached hydrogen (secondary N) is 1. The van der Waals surface area contributed by atoms with Crippen molar-refractivity contribution in [2.45, 2.75) is 31.7 Å². The van der Waals surface area contributed by atoms with Crippen LogP contribution in [0.4, 0.5) is 0 Å². The third-order valence-electron chi connectivity index (χ3n) is 3.35. The van der Waals surface area contributed by atoms with Gasteiger partial charge in [0.1, 0.15) is 0 Å². The van der Waals surface area contributed by atoms with E-state index in [4.69, 9.17) is 10.8 Å². The molecule has 0 aromatic heterocycles. The van der Waals surface area contributed by atoms with Gasteiger partial charge in [0.2, 0.25) is 5.91 Å². The lowest BCUT2D eigenvalue weighted by molar-refractivity contribution is -0.122. The van der Waals surface area contributed by atoms with Crippen molar-refractivity contribution in [3.05, 3.63) is 12.7 Å². The molecule has 0 aromatic carbocycles. The lowest BCUT2D eigenvalue weighted by Gasteiger charge is -2.19. The van der Waals surface area contributed by atoms with Gasteiger partial charge in [0.25, 0.3) is 0 Å². The fourth-order valence-electron chi connectivity index (χ4n) is 2.27. The molecule has 0 heterocycles. The van der Waals surface area contributed by atoms with Crippen LogP contribution in [0.2, 0.25) is 0 Å². The second-order valence-corrected chi connectivity index (χ2v) is 4.51. The number of amides is 1. The van der Waals surface area contributed by atoms with E-state index in [2.05, 4.69) is 11.9 Å². The first kappa shape index (κ1) is 13.2. The third kappa shape index (κ3) is 3.61. The van der Waals surface area contributed by atoms with Crippen molar-refractivity contribution >= 4 is 5.91 Å². The maximum atomic E-state index is 11.5. The van der Waals surface area contributed by atoms with Gasteiger partial charge < -0.3 is 16.2 Å². The minimum absolute atomic E-state index is 0.122. The van der Waals surface area contributed by atoms with E-state index in [1.54, 1.807) is 6.08 Å². The molecule has 4 heteroatoms. The lowest BCUT2D eigenvalue weighted by atomic mass is 9.97. The van der Waals surface area contributed by atoms with Gasteiger partial charge in [-0.05, 0) is 31.1 Å². The van der Waals surface area contributed by atoms with Crippen LogP contribution >= 0.6 is 0 Å².